The average Bonchev–Trinajstić information content (AvgIpc) is 3.51. The molecule has 1 aliphatic carbocycles. The van der Waals surface area contributed by atoms with E-state index in [2.05, 4.69) is 10.6 Å². The van der Waals surface area contributed by atoms with E-state index < -0.39 is 24.0 Å². The van der Waals surface area contributed by atoms with Crippen LogP contribution in [0.25, 0.3) is 0 Å². The van der Waals surface area contributed by atoms with Crippen molar-refractivity contribution < 1.29 is 28.2 Å². The number of carbonyl (C=O) groups is 3. The Kier molecular flexibility index (Phi) is 6.43. The highest BCUT2D eigenvalue weighted by atomic mass is 19.1. The number of amides is 3. The molecule has 3 amide bonds. The number of para-hydroxylation sites is 1. The van der Waals surface area contributed by atoms with E-state index in [1.807, 2.05) is 0 Å². The van der Waals surface area contributed by atoms with Crippen LogP contribution in [0.3, 0.4) is 0 Å². The van der Waals surface area contributed by atoms with Crippen molar-refractivity contribution in [3.63, 3.8) is 0 Å². The van der Waals surface area contributed by atoms with Crippen LogP contribution in [0.5, 0.6) is 5.75 Å². The van der Waals surface area contributed by atoms with E-state index in [4.69, 9.17) is 9.47 Å². The summed E-state index contributed by atoms with van der Waals surface area (Å²) >= 11 is 0. The van der Waals surface area contributed by atoms with E-state index in [0.717, 1.165) is 18.4 Å². The van der Waals surface area contributed by atoms with E-state index in [-0.39, 0.29) is 29.8 Å². The van der Waals surface area contributed by atoms with Gasteiger partial charge >= 0.3 is 12.0 Å². The van der Waals surface area contributed by atoms with Gasteiger partial charge in [-0.25, -0.2) is 14.0 Å². The van der Waals surface area contributed by atoms with Gasteiger partial charge in [0, 0.05) is 6.04 Å². The summed E-state index contributed by atoms with van der Waals surface area (Å²) in [6.45, 7) is 1.50. The maximum Gasteiger partial charge on any atom is 0.342 e. The monoisotopic (exact) mass is 400 g/mol. The van der Waals surface area contributed by atoms with Gasteiger partial charge in [-0.2, -0.15) is 0 Å². The summed E-state index contributed by atoms with van der Waals surface area (Å²) in [6, 6.07) is 11.7. The number of ether oxygens (including phenoxy) is 2. The molecule has 2 aromatic rings. The van der Waals surface area contributed by atoms with Crippen molar-refractivity contribution in [2.24, 2.45) is 0 Å². The van der Waals surface area contributed by atoms with E-state index >= 15 is 0 Å². The molecule has 29 heavy (non-hydrogen) atoms. The molecule has 0 heterocycles. The zero-order valence-corrected chi connectivity index (χ0v) is 15.8. The number of esters is 1. The van der Waals surface area contributed by atoms with Gasteiger partial charge in [0.05, 0.1) is 0 Å². The van der Waals surface area contributed by atoms with Gasteiger partial charge in [-0.1, -0.05) is 24.3 Å². The smallest absolute Gasteiger partial charge is 0.342 e. The van der Waals surface area contributed by atoms with Crippen LogP contribution in [-0.4, -0.2) is 30.1 Å². The average molecular weight is 400 g/mol. The van der Waals surface area contributed by atoms with Crippen LogP contribution < -0.4 is 15.4 Å². The molecule has 0 aliphatic heterocycles. The first-order valence-corrected chi connectivity index (χ1v) is 9.21. The SMILES string of the molecule is C[C@@H](OC(=O)c1ccccc1OCc1ccc(F)cc1)C(=O)NC(=O)NC1CC1. The molecule has 1 saturated carbocycles. The van der Waals surface area contributed by atoms with Crippen LogP contribution in [0.15, 0.2) is 48.5 Å². The van der Waals surface area contributed by atoms with Crippen molar-refractivity contribution in [1.29, 1.82) is 0 Å². The Bertz CT molecular complexity index is 896. The Morgan fingerprint density at radius 3 is 2.48 bits per heavy atom. The first-order chi connectivity index (χ1) is 13.9. The van der Waals surface area contributed by atoms with Crippen molar-refractivity contribution in [3.05, 3.63) is 65.5 Å². The predicted octanol–water partition coefficient (Wildman–Crippen LogP) is 2.94. The second-order valence-electron chi connectivity index (χ2n) is 6.70. The number of urea groups is 1. The first kappa shape index (κ1) is 20.3. The van der Waals surface area contributed by atoms with Gasteiger partial charge in [0.1, 0.15) is 23.7 Å². The van der Waals surface area contributed by atoms with Crippen LogP contribution in [-0.2, 0) is 16.1 Å². The van der Waals surface area contributed by atoms with Gasteiger partial charge in [0.15, 0.2) is 6.10 Å². The van der Waals surface area contributed by atoms with Gasteiger partial charge in [-0.3, -0.25) is 10.1 Å². The van der Waals surface area contributed by atoms with Crippen LogP contribution >= 0.6 is 0 Å². The van der Waals surface area contributed by atoms with E-state index in [1.54, 1.807) is 30.3 Å². The summed E-state index contributed by atoms with van der Waals surface area (Å²) in [5.74, 6) is -1.57. The van der Waals surface area contributed by atoms with Crippen LogP contribution in [0.1, 0.15) is 35.7 Å². The molecule has 152 valence electrons. The number of benzene rings is 2. The Morgan fingerprint density at radius 1 is 1.10 bits per heavy atom. The van der Waals surface area contributed by atoms with Crippen molar-refractivity contribution in [2.75, 3.05) is 0 Å². The van der Waals surface area contributed by atoms with E-state index in [9.17, 15) is 18.8 Å². The molecule has 1 fully saturated rings. The number of carbonyl (C=O) groups excluding carboxylic acids is 3. The molecule has 8 heteroatoms. The minimum atomic E-state index is -1.17. The third kappa shape index (κ3) is 6.03. The summed E-state index contributed by atoms with van der Waals surface area (Å²) in [5, 5.41) is 4.76. The third-order valence-corrected chi connectivity index (χ3v) is 4.22. The Balaban J connectivity index is 1.57. The van der Waals surface area contributed by atoms with Gasteiger partial charge in [-0.05, 0) is 49.6 Å². The standard InChI is InChI=1S/C21H21FN2O5/c1-13(19(25)24-21(27)23-16-10-11-16)29-20(26)17-4-2-3-5-18(17)28-12-14-6-8-15(22)9-7-14/h2-9,13,16H,10-12H2,1H3,(H2,23,24,25,27)/t13-/m1/s1. The molecular weight excluding hydrogens is 379 g/mol. The third-order valence-electron chi connectivity index (χ3n) is 4.22. The fraction of sp³-hybridized carbons (Fsp3) is 0.286. The molecule has 0 spiro atoms. The summed E-state index contributed by atoms with van der Waals surface area (Å²) in [6.07, 6.45) is 0.611. The molecule has 7 nitrogen and oxygen atoms in total. The molecule has 0 saturated heterocycles. The minimum Gasteiger partial charge on any atom is -0.488 e. The van der Waals surface area contributed by atoms with Gasteiger partial charge < -0.3 is 14.8 Å². The van der Waals surface area contributed by atoms with Crippen LogP contribution in [0, 0.1) is 5.82 Å². The van der Waals surface area contributed by atoms with Crippen LogP contribution in [0.4, 0.5) is 9.18 Å². The lowest BCUT2D eigenvalue weighted by Crippen LogP contribution is -2.45. The van der Waals surface area contributed by atoms with Crippen molar-refractivity contribution in [1.82, 2.24) is 10.6 Å². The molecule has 0 unspecified atom stereocenters. The number of hydrogen-bond donors (Lipinski definition) is 2. The summed E-state index contributed by atoms with van der Waals surface area (Å²) in [7, 11) is 0. The second kappa shape index (κ2) is 9.18. The zero-order valence-electron chi connectivity index (χ0n) is 15.8. The molecule has 0 aromatic heterocycles. The fourth-order valence-corrected chi connectivity index (χ4v) is 2.44. The highest BCUT2D eigenvalue weighted by Gasteiger charge is 2.26. The molecule has 2 N–H and O–H groups in total. The normalized spacial score (nSPS) is 13.9. The Hall–Kier alpha value is -3.42. The van der Waals surface area contributed by atoms with E-state index in [1.165, 1.54) is 25.1 Å². The second-order valence-corrected chi connectivity index (χ2v) is 6.70. The molecule has 3 rings (SSSR count). The quantitative estimate of drug-likeness (QED) is 0.697. The first-order valence-electron chi connectivity index (χ1n) is 9.21. The molecule has 2 aromatic carbocycles. The van der Waals surface area contributed by atoms with Crippen molar-refractivity contribution in [3.8, 4) is 5.75 Å². The van der Waals surface area contributed by atoms with E-state index in [0.29, 0.717) is 0 Å². The van der Waals surface area contributed by atoms with Crippen molar-refractivity contribution in [2.45, 2.75) is 38.5 Å². The molecule has 1 aliphatic rings. The predicted molar refractivity (Wildman–Crippen MR) is 102 cm³/mol. The Labute approximate surface area is 167 Å². The molecular formula is C21H21FN2O5. The van der Waals surface area contributed by atoms with Gasteiger partial charge in [0.2, 0.25) is 0 Å². The van der Waals surface area contributed by atoms with Crippen molar-refractivity contribution >= 4 is 17.9 Å². The fourth-order valence-electron chi connectivity index (χ4n) is 2.44. The van der Waals surface area contributed by atoms with Crippen LogP contribution in [0.2, 0.25) is 0 Å². The number of rotatable bonds is 7. The van der Waals surface area contributed by atoms with Gasteiger partial charge in [0.25, 0.3) is 5.91 Å². The largest absolute Gasteiger partial charge is 0.488 e. The molecule has 0 radical (unpaired) electrons. The maximum absolute atomic E-state index is 13.0. The summed E-state index contributed by atoms with van der Waals surface area (Å²) < 4.78 is 23.8. The summed E-state index contributed by atoms with van der Waals surface area (Å²) in [5.41, 5.74) is 0.862. The molecule has 1 atom stereocenters. The number of hydrogen-bond acceptors (Lipinski definition) is 5. The topological polar surface area (TPSA) is 93.7 Å². The minimum absolute atomic E-state index is 0.103. The lowest BCUT2D eigenvalue weighted by Gasteiger charge is -2.15. The maximum atomic E-state index is 13.0. The molecule has 0 bridgehead atoms. The number of halogens is 1. The number of nitrogens with one attached hydrogen (secondary N) is 2. The lowest BCUT2D eigenvalue weighted by molar-refractivity contribution is -0.127. The zero-order chi connectivity index (χ0) is 20.8. The Morgan fingerprint density at radius 2 is 1.79 bits per heavy atom. The highest BCUT2D eigenvalue weighted by Crippen LogP contribution is 2.21. The summed E-state index contributed by atoms with van der Waals surface area (Å²) in [4.78, 5) is 36.1. The highest BCUT2D eigenvalue weighted by molar-refractivity contribution is 5.99. The lowest BCUT2D eigenvalue weighted by atomic mass is 10.2. The van der Waals surface area contributed by atoms with Gasteiger partial charge in [-0.15, -0.1) is 0 Å². The number of imide groups is 1.